The van der Waals surface area contributed by atoms with Crippen molar-refractivity contribution in [2.24, 2.45) is 0 Å². The molecule has 0 unspecified atom stereocenters. The summed E-state index contributed by atoms with van der Waals surface area (Å²) in [5, 5.41) is 0. The molecule has 1 aliphatic rings. The number of rotatable bonds is 4. The summed E-state index contributed by atoms with van der Waals surface area (Å²) in [6, 6.07) is 4.43. The fraction of sp³-hybridized carbons (Fsp3) is 0.533. The first kappa shape index (κ1) is 17.7. The lowest BCUT2D eigenvalue weighted by Crippen LogP contribution is -2.37. The fourth-order valence-corrected chi connectivity index (χ4v) is 3.46. The molecule has 0 N–H and O–H groups in total. The number of methoxy groups -OCH3 is 1. The van der Waals surface area contributed by atoms with E-state index >= 15 is 0 Å². The van der Waals surface area contributed by atoms with Gasteiger partial charge in [0.05, 0.1) is 19.8 Å². The third-order valence-electron chi connectivity index (χ3n) is 3.85. The van der Waals surface area contributed by atoms with E-state index in [9.17, 15) is 17.6 Å². The number of hydrogen-bond acceptors (Lipinski definition) is 4. The number of hydrogen-bond donors (Lipinski definition) is 0. The molecule has 1 heterocycles. The van der Waals surface area contributed by atoms with Crippen molar-refractivity contribution in [2.45, 2.75) is 12.8 Å². The quantitative estimate of drug-likeness (QED) is 0.813. The average molecular weight is 344 g/mol. The van der Waals surface area contributed by atoms with Crippen molar-refractivity contribution in [1.82, 2.24) is 9.21 Å². The second kappa shape index (κ2) is 7.27. The molecule has 1 fully saturated rings. The van der Waals surface area contributed by atoms with Gasteiger partial charge in [-0.15, -0.1) is 0 Å². The van der Waals surface area contributed by atoms with Crippen LogP contribution in [0.3, 0.4) is 0 Å². The SMILES string of the molecule is COc1ccc(CC(=O)N2CCCN(S(C)(=O)=O)CC2)cc1F. The van der Waals surface area contributed by atoms with E-state index in [-0.39, 0.29) is 18.1 Å². The smallest absolute Gasteiger partial charge is 0.227 e. The molecule has 128 valence electrons. The van der Waals surface area contributed by atoms with Crippen LogP contribution in [0.2, 0.25) is 0 Å². The van der Waals surface area contributed by atoms with Crippen LogP contribution in [-0.2, 0) is 21.2 Å². The lowest BCUT2D eigenvalue weighted by Gasteiger charge is -2.21. The van der Waals surface area contributed by atoms with Crippen LogP contribution in [-0.4, -0.2) is 63.1 Å². The number of nitrogens with zero attached hydrogens (tertiary/aromatic N) is 2. The largest absolute Gasteiger partial charge is 0.494 e. The van der Waals surface area contributed by atoms with Crippen LogP contribution in [0.25, 0.3) is 0 Å². The topological polar surface area (TPSA) is 66.9 Å². The molecule has 0 atom stereocenters. The highest BCUT2D eigenvalue weighted by atomic mass is 32.2. The maximum absolute atomic E-state index is 13.7. The predicted molar refractivity (Wildman–Crippen MR) is 84.3 cm³/mol. The molecule has 23 heavy (non-hydrogen) atoms. The first-order valence-electron chi connectivity index (χ1n) is 7.36. The number of sulfonamides is 1. The summed E-state index contributed by atoms with van der Waals surface area (Å²) >= 11 is 0. The van der Waals surface area contributed by atoms with Crippen LogP contribution < -0.4 is 4.74 Å². The Kier molecular flexibility index (Phi) is 5.59. The molecule has 0 spiro atoms. The Morgan fingerprint density at radius 2 is 2.00 bits per heavy atom. The summed E-state index contributed by atoms with van der Waals surface area (Å²) in [7, 11) is -1.86. The van der Waals surface area contributed by atoms with Gasteiger partial charge in [0.15, 0.2) is 11.6 Å². The highest BCUT2D eigenvalue weighted by Gasteiger charge is 2.23. The Hall–Kier alpha value is -1.67. The van der Waals surface area contributed by atoms with Gasteiger partial charge in [0.2, 0.25) is 15.9 Å². The molecule has 1 aromatic rings. The van der Waals surface area contributed by atoms with Crippen molar-refractivity contribution >= 4 is 15.9 Å². The molecule has 0 saturated carbocycles. The minimum atomic E-state index is -3.24. The Morgan fingerprint density at radius 3 is 2.61 bits per heavy atom. The van der Waals surface area contributed by atoms with Crippen molar-refractivity contribution in [3.63, 3.8) is 0 Å². The predicted octanol–water partition coefficient (Wildman–Crippen LogP) is 0.871. The Bertz CT molecular complexity index is 678. The maximum Gasteiger partial charge on any atom is 0.227 e. The summed E-state index contributed by atoms with van der Waals surface area (Å²) < 4.78 is 43.0. The second-order valence-electron chi connectivity index (χ2n) is 5.54. The van der Waals surface area contributed by atoms with Crippen molar-refractivity contribution in [3.8, 4) is 5.75 Å². The van der Waals surface area contributed by atoms with Gasteiger partial charge in [-0.3, -0.25) is 4.79 Å². The number of halogens is 1. The zero-order valence-electron chi connectivity index (χ0n) is 13.3. The van der Waals surface area contributed by atoms with E-state index in [4.69, 9.17) is 4.74 Å². The monoisotopic (exact) mass is 344 g/mol. The Labute approximate surface area is 135 Å². The fourth-order valence-electron chi connectivity index (χ4n) is 2.58. The lowest BCUT2D eigenvalue weighted by atomic mass is 10.1. The van der Waals surface area contributed by atoms with Gasteiger partial charge in [-0.1, -0.05) is 6.07 Å². The summed E-state index contributed by atoms with van der Waals surface area (Å²) in [5.41, 5.74) is 0.567. The number of carbonyl (C=O) groups excluding carboxylic acids is 1. The molecule has 6 nitrogen and oxygen atoms in total. The number of ether oxygens (including phenoxy) is 1. The van der Waals surface area contributed by atoms with Crippen LogP contribution in [0.5, 0.6) is 5.75 Å². The summed E-state index contributed by atoms with van der Waals surface area (Å²) in [4.78, 5) is 14.0. The van der Waals surface area contributed by atoms with Gasteiger partial charge < -0.3 is 9.64 Å². The standard InChI is InChI=1S/C15H21FN2O4S/c1-22-14-5-4-12(10-13(14)16)11-15(19)17-6-3-7-18(9-8-17)23(2,20)21/h4-5,10H,3,6-9,11H2,1-2H3. The molecular weight excluding hydrogens is 323 g/mol. The van der Waals surface area contributed by atoms with Crippen molar-refractivity contribution in [1.29, 1.82) is 0 Å². The van der Waals surface area contributed by atoms with Crippen molar-refractivity contribution in [2.75, 3.05) is 39.5 Å². The molecule has 1 aromatic carbocycles. The zero-order valence-corrected chi connectivity index (χ0v) is 14.1. The third kappa shape index (κ3) is 4.65. The lowest BCUT2D eigenvalue weighted by molar-refractivity contribution is -0.130. The maximum atomic E-state index is 13.7. The zero-order chi connectivity index (χ0) is 17.0. The van der Waals surface area contributed by atoms with Crippen molar-refractivity contribution in [3.05, 3.63) is 29.6 Å². The molecule has 0 radical (unpaired) electrons. The molecule has 1 saturated heterocycles. The minimum absolute atomic E-state index is 0.0831. The van der Waals surface area contributed by atoms with E-state index in [1.165, 1.54) is 29.8 Å². The normalized spacial score (nSPS) is 16.9. The molecule has 8 heteroatoms. The molecule has 1 amide bonds. The Morgan fingerprint density at radius 1 is 1.26 bits per heavy atom. The van der Waals surface area contributed by atoms with Gasteiger partial charge in [-0.25, -0.2) is 17.1 Å². The third-order valence-corrected chi connectivity index (χ3v) is 5.15. The van der Waals surface area contributed by atoms with E-state index in [0.29, 0.717) is 38.2 Å². The van der Waals surface area contributed by atoms with E-state index in [1.54, 1.807) is 11.0 Å². The van der Waals surface area contributed by atoms with Gasteiger partial charge in [0.1, 0.15) is 0 Å². The molecule has 0 aliphatic carbocycles. The van der Waals surface area contributed by atoms with E-state index in [0.717, 1.165) is 0 Å². The van der Waals surface area contributed by atoms with Gasteiger partial charge in [0, 0.05) is 26.2 Å². The average Bonchev–Trinajstić information content (AvgIpc) is 2.73. The second-order valence-corrected chi connectivity index (χ2v) is 7.52. The van der Waals surface area contributed by atoms with Gasteiger partial charge in [-0.2, -0.15) is 0 Å². The van der Waals surface area contributed by atoms with Crippen LogP contribution in [0.4, 0.5) is 4.39 Å². The molecule has 0 aromatic heterocycles. The first-order chi connectivity index (χ1) is 10.8. The highest BCUT2D eigenvalue weighted by Crippen LogP contribution is 2.18. The summed E-state index contributed by atoms with van der Waals surface area (Å²) in [5.74, 6) is -0.499. The number of benzene rings is 1. The van der Waals surface area contributed by atoms with Crippen LogP contribution in [0.15, 0.2) is 18.2 Å². The van der Waals surface area contributed by atoms with E-state index < -0.39 is 15.8 Å². The minimum Gasteiger partial charge on any atom is -0.494 e. The van der Waals surface area contributed by atoms with Crippen LogP contribution in [0.1, 0.15) is 12.0 Å². The summed E-state index contributed by atoms with van der Waals surface area (Å²) in [6.07, 6.45) is 1.85. The van der Waals surface area contributed by atoms with E-state index in [2.05, 4.69) is 0 Å². The number of amides is 1. The van der Waals surface area contributed by atoms with Gasteiger partial charge >= 0.3 is 0 Å². The van der Waals surface area contributed by atoms with Gasteiger partial charge in [-0.05, 0) is 24.1 Å². The molecule has 0 bridgehead atoms. The summed E-state index contributed by atoms with van der Waals surface area (Å²) in [6.45, 7) is 1.56. The first-order valence-corrected chi connectivity index (χ1v) is 9.21. The Balaban J connectivity index is 1.99. The van der Waals surface area contributed by atoms with Crippen LogP contribution >= 0.6 is 0 Å². The number of carbonyl (C=O) groups is 1. The molecular formula is C15H21FN2O4S. The van der Waals surface area contributed by atoms with Crippen molar-refractivity contribution < 1.29 is 22.3 Å². The van der Waals surface area contributed by atoms with E-state index in [1.807, 2.05) is 0 Å². The van der Waals surface area contributed by atoms with Gasteiger partial charge in [0.25, 0.3) is 0 Å². The molecule has 2 rings (SSSR count). The highest BCUT2D eigenvalue weighted by molar-refractivity contribution is 7.88. The molecule has 1 aliphatic heterocycles. The van der Waals surface area contributed by atoms with Crippen LogP contribution in [0, 0.1) is 5.82 Å².